The van der Waals surface area contributed by atoms with E-state index in [9.17, 15) is 18.0 Å². The standard InChI is InChI=1S/C10H14F3N3O/c1-15(6-4-14)9(17)8-3-2-5-16(8)7-10(11,12)13/h2-3,5H,4,6-7,14H2,1H3. The largest absolute Gasteiger partial charge is 0.406 e. The van der Waals surface area contributed by atoms with Crippen LogP contribution in [0.3, 0.4) is 0 Å². The molecule has 0 aliphatic heterocycles. The maximum atomic E-state index is 12.2. The van der Waals surface area contributed by atoms with E-state index in [0.717, 1.165) is 4.57 Å². The number of carbonyl (C=O) groups excluding carboxylic acids is 1. The van der Waals surface area contributed by atoms with E-state index in [4.69, 9.17) is 5.73 Å². The second-order valence-electron chi connectivity index (χ2n) is 3.65. The highest BCUT2D eigenvalue weighted by molar-refractivity contribution is 5.92. The summed E-state index contributed by atoms with van der Waals surface area (Å²) in [5.74, 6) is -0.468. The number of hydrogen-bond acceptors (Lipinski definition) is 2. The van der Waals surface area contributed by atoms with Crippen molar-refractivity contribution in [3.8, 4) is 0 Å². The van der Waals surface area contributed by atoms with Crippen molar-refractivity contribution in [2.45, 2.75) is 12.7 Å². The third-order valence-electron chi connectivity index (χ3n) is 2.21. The smallest absolute Gasteiger partial charge is 0.339 e. The van der Waals surface area contributed by atoms with Gasteiger partial charge < -0.3 is 15.2 Å². The SMILES string of the molecule is CN(CCN)C(=O)c1cccn1CC(F)(F)F. The molecule has 0 spiro atoms. The van der Waals surface area contributed by atoms with E-state index in [-0.39, 0.29) is 12.2 Å². The fourth-order valence-corrected chi connectivity index (χ4v) is 1.43. The van der Waals surface area contributed by atoms with E-state index in [0.29, 0.717) is 6.54 Å². The molecule has 0 aromatic carbocycles. The zero-order valence-electron chi connectivity index (χ0n) is 9.37. The Labute approximate surface area is 96.8 Å². The van der Waals surface area contributed by atoms with Crippen LogP contribution in [0.1, 0.15) is 10.5 Å². The molecule has 2 N–H and O–H groups in total. The van der Waals surface area contributed by atoms with Crippen LogP contribution in [-0.4, -0.2) is 41.7 Å². The molecule has 1 rings (SSSR count). The van der Waals surface area contributed by atoms with Gasteiger partial charge in [-0.2, -0.15) is 13.2 Å². The third-order valence-corrected chi connectivity index (χ3v) is 2.21. The summed E-state index contributed by atoms with van der Waals surface area (Å²) >= 11 is 0. The van der Waals surface area contributed by atoms with E-state index in [1.807, 2.05) is 0 Å². The molecule has 7 heteroatoms. The molecule has 0 atom stereocenters. The summed E-state index contributed by atoms with van der Waals surface area (Å²) in [5, 5.41) is 0. The first kappa shape index (κ1) is 13.6. The Kier molecular flexibility index (Phi) is 4.17. The van der Waals surface area contributed by atoms with Crippen molar-refractivity contribution in [3.63, 3.8) is 0 Å². The fraction of sp³-hybridized carbons (Fsp3) is 0.500. The Morgan fingerprint density at radius 3 is 2.71 bits per heavy atom. The Balaban J connectivity index is 2.85. The number of amides is 1. The molecule has 1 amide bonds. The van der Waals surface area contributed by atoms with Crippen LogP contribution in [0.4, 0.5) is 13.2 Å². The van der Waals surface area contributed by atoms with Crippen LogP contribution in [-0.2, 0) is 6.54 Å². The van der Waals surface area contributed by atoms with Crippen molar-refractivity contribution in [2.24, 2.45) is 5.73 Å². The summed E-state index contributed by atoms with van der Waals surface area (Å²) in [4.78, 5) is 13.1. The van der Waals surface area contributed by atoms with E-state index < -0.39 is 18.6 Å². The lowest BCUT2D eigenvalue weighted by molar-refractivity contribution is -0.140. The van der Waals surface area contributed by atoms with E-state index in [2.05, 4.69) is 0 Å². The molecule has 0 aliphatic rings. The van der Waals surface area contributed by atoms with Gasteiger partial charge in [-0.25, -0.2) is 0 Å². The predicted molar refractivity (Wildman–Crippen MR) is 56.5 cm³/mol. The van der Waals surface area contributed by atoms with Gasteiger partial charge in [-0.1, -0.05) is 0 Å². The van der Waals surface area contributed by atoms with Crippen molar-refractivity contribution >= 4 is 5.91 Å². The molecule has 0 bridgehead atoms. The number of rotatable bonds is 4. The molecule has 1 aromatic rings. The van der Waals surface area contributed by atoms with Crippen LogP contribution in [0.5, 0.6) is 0 Å². The van der Waals surface area contributed by atoms with Gasteiger partial charge in [0.25, 0.3) is 5.91 Å². The Morgan fingerprint density at radius 1 is 1.53 bits per heavy atom. The van der Waals surface area contributed by atoms with Crippen LogP contribution in [0, 0.1) is 0 Å². The first-order valence-corrected chi connectivity index (χ1v) is 5.02. The molecule has 0 unspecified atom stereocenters. The zero-order chi connectivity index (χ0) is 13.1. The summed E-state index contributed by atoms with van der Waals surface area (Å²) in [7, 11) is 1.50. The first-order chi connectivity index (χ1) is 7.85. The number of nitrogens with two attached hydrogens (primary N) is 1. The highest BCUT2D eigenvalue weighted by Crippen LogP contribution is 2.19. The number of nitrogens with zero attached hydrogens (tertiary/aromatic N) is 2. The van der Waals surface area contributed by atoms with Gasteiger partial charge in [-0.15, -0.1) is 0 Å². The third kappa shape index (κ3) is 3.77. The van der Waals surface area contributed by atoms with Gasteiger partial charge in [0.15, 0.2) is 0 Å². The number of likely N-dealkylation sites (N-methyl/N-ethyl adjacent to an activating group) is 1. The van der Waals surface area contributed by atoms with Crippen LogP contribution in [0.2, 0.25) is 0 Å². The molecule has 0 radical (unpaired) electrons. The predicted octanol–water partition coefficient (Wildman–Crippen LogP) is 1.08. The molecular formula is C10H14F3N3O. The Bertz CT molecular complexity index is 386. The lowest BCUT2D eigenvalue weighted by Crippen LogP contribution is -2.33. The van der Waals surface area contributed by atoms with Gasteiger partial charge in [0, 0.05) is 26.3 Å². The van der Waals surface area contributed by atoms with Crippen molar-refractivity contribution in [3.05, 3.63) is 24.0 Å². The average molecular weight is 249 g/mol. The fourth-order valence-electron chi connectivity index (χ4n) is 1.43. The molecular weight excluding hydrogens is 235 g/mol. The highest BCUT2D eigenvalue weighted by Gasteiger charge is 2.29. The van der Waals surface area contributed by atoms with Crippen molar-refractivity contribution in [1.82, 2.24) is 9.47 Å². The van der Waals surface area contributed by atoms with Crippen molar-refractivity contribution < 1.29 is 18.0 Å². The molecule has 0 saturated carbocycles. The van der Waals surface area contributed by atoms with E-state index in [1.165, 1.54) is 30.3 Å². The van der Waals surface area contributed by atoms with E-state index in [1.54, 1.807) is 0 Å². The van der Waals surface area contributed by atoms with E-state index >= 15 is 0 Å². The van der Waals surface area contributed by atoms with Crippen LogP contribution in [0.15, 0.2) is 18.3 Å². The maximum absolute atomic E-state index is 12.2. The quantitative estimate of drug-likeness (QED) is 0.868. The van der Waals surface area contributed by atoms with Crippen molar-refractivity contribution in [2.75, 3.05) is 20.1 Å². The van der Waals surface area contributed by atoms with Crippen molar-refractivity contribution in [1.29, 1.82) is 0 Å². The summed E-state index contributed by atoms with van der Waals surface area (Å²) in [5.41, 5.74) is 5.29. The van der Waals surface area contributed by atoms with Gasteiger partial charge >= 0.3 is 6.18 Å². The second kappa shape index (κ2) is 5.22. The molecule has 0 saturated heterocycles. The van der Waals surface area contributed by atoms with Gasteiger partial charge in [-0.05, 0) is 12.1 Å². The van der Waals surface area contributed by atoms with Crippen LogP contribution >= 0.6 is 0 Å². The molecule has 96 valence electrons. The lowest BCUT2D eigenvalue weighted by atomic mass is 10.3. The number of halogens is 3. The minimum atomic E-state index is -4.35. The Hall–Kier alpha value is -1.50. The summed E-state index contributed by atoms with van der Waals surface area (Å²) in [6.07, 6.45) is -3.11. The van der Waals surface area contributed by atoms with Gasteiger partial charge in [0.2, 0.25) is 0 Å². The molecule has 1 aromatic heterocycles. The monoisotopic (exact) mass is 249 g/mol. The Morgan fingerprint density at radius 2 is 2.18 bits per heavy atom. The maximum Gasteiger partial charge on any atom is 0.406 e. The lowest BCUT2D eigenvalue weighted by Gasteiger charge is -2.18. The normalized spacial score (nSPS) is 11.6. The number of alkyl halides is 3. The molecule has 0 aliphatic carbocycles. The molecule has 4 nitrogen and oxygen atoms in total. The highest BCUT2D eigenvalue weighted by atomic mass is 19.4. The first-order valence-electron chi connectivity index (χ1n) is 5.02. The summed E-state index contributed by atoms with van der Waals surface area (Å²) < 4.78 is 37.6. The topological polar surface area (TPSA) is 51.3 Å². The molecule has 0 fully saturated rings. The average Bonchev–Trinajstić information content (AvgIpc) is 2.62. The second-order valence-corrected chi connectivity index (χ2v) is 3.65. The minimum absolute atomic E-state index is 0.0123. The van der Waals surface area contributed by atoms with Gasteiger partial charge in [0.1, 0.15) is 12.2 Å². The summed E-state index contributed by atoms with van der Waals surface area (Å²) in [6, 6.07) is 2.77. The van der Waals surface area contributed by atoms with Gasteiger partial charge in [-0.3, -0.25) is 4.79 Å². The number of aromatic nitrogens is 1. The number of carbonyl (C=O) groups is 1. The summed E-state index contributed by atoms with van der Waals surface area (Å²) in [6.45, 7) is -0.601. The number of hydrogen-bond donors (Lipinski definition) is 1. The van der Waals surface area contributed by atoms with Gasteiger partial charge in [0.05, 0.1) is 0 Å². The molecule has 1 heterocycles. The molecule has 17 heavy (non-hydrogen) atoms. The van der Waals surface area contributed by atoms with Crippen LogP contribution in [0.25, 0.3) is 0 Å². The minimum Gasteiger partial charge on any atom is -0.339 e. The zero-order valence-corrected chi connectivity index (χ0v) is 9.37. The van der Waals surface area contributed by atoms with Crippen LogP contribution < -0.4 is 5.73 Å².